The molecule has 0 spiro atoms. The van der Waals surface area contributed by atoms with Crippen LogP contribution >= 0.6 is 46.3 Å². The third kappa shape index (κ3) is 5.05. The van der Waals surface area contributed by atoms with E-state index in [-0.39, 0.29) is 12.4 Å². The van der Waals surface area contributed by atoms with Crippen LogP contribution in [0.2, 0.25) is 0 Å². The molecule has 2 aromatic heterocycles. The van der Waals surface area contributed by atoms with Crippen molar-refractivity contribution in [2.45, 2.75) is 13.5 Å². The minimum atomic E-state index is 0. The van der Waals surface area contributed by atoms with Crippen LogP contribution < -0.4 is 10.1 Å². The highest BCUT2D eigenvalue weighted by Gasteiger charge is 2.09. The first-order valence-electron chi connectivity index (χ1n) is 6.72. The van der Waals surface area contributed by atoms with Crippen molar-refractivity contribution in [3.05, 3.63) is 62.8 Å². The minimum absolute atomic E-state index is 0. The molecule has 0 aliphatic heterocycles. The van der Waals surface area contributed by atoms with Crippen LogP contribution in [0.25, 0.3) is 0 Å². The summed E-state index contributed by atoms with van der Waals surface area (Å²) in [5.74, 6) is 1.41. The van der Waals surface area contributed by atoms with E-state index in [0.29, 0.717) is 12.4 Å². The molecule has 0 saturated heterocycles. The van der Waals surface area contributed by atoms with Gasteiger partial charge in [-0.15, -0.1) is 23.7 Å². The zero-order valence-corrected chi connectivity index (χ0v) is 16.1. The fourth-order valence-electron chi connectivity index (χ4n) is 1.87. The fraction of sp³-hybridized carbons (Fsp3) is 0.125. The van der Waals surface area contributed by atoms with E-state index < -0.39 is 0 Å². The lowest BCUT2D eigenvalue weighted by molar-refractivity contribution is 0.306. The lowest BCUT2D eigenvalue weighted by atomic mass is 10.2. The number of hydrogen-bond donors (Lipinski definition) is 1. The minimum Gasteiger partial charge on any atom is -0.485 e. The van der Waals surface area contributed by atoms with E-state index in [1.807, 2.05) is 48.7 Å². The molecular formula is C16H15ClIN3OS. The molecule has 3 rings (SSSR count). The predicted molar refractivity (Wildman–Crippen MR) is 105 cm³/mol. The van der Waals surface area contributed by atoms with Crippen molar-refractivity contribution in [1.29, 1.82) is 0 Å². The van der Waals surface area contributed by atoms with Crippen molar-refractivity contribution < 1.29 is 4.74 Å². The van der Waals surface area contributed by atoms with Gasteiger partial charge in [0.05, 0.1) is 5.69 Å². The second-order valence-electron chi connectivity index (χ2n) is 4.69. The second kappa shape index (κ2) is 8.47. The lowest BCUT2D eigenvalue weighted by Crippen LogP contribution is -2.01. The number of thiazole rings is 1. The largest absolute Gasteiger partial charge is 0.485 e. The van der Waals surface area contributed by atoms with Gasteiger partial charge in [-0.1, -0.05) is 30.3 Å². The Hall–Kier alpha value is -1.38. The number of halogens is 2. The summed E-state index contributed by atoms with van der Waals surface area (Å²) in [6, 6.07) is 12.1. The summed E-state index contributed by atoms with van der Waals surface area (Å²) in [7, 11) is 0. The summed E-state index contributed by atoms with van der Waals surface area (Å²) in [5.41, 5.74) is 2.11. The molecule has 7 heteroatoms. The van der Waals surface area contributed by atoms with E-state index in [2.05, 4.69) is 37.9 Å². The third-order valence-corrected chi connectivity index (χ3v) is 4.37. The first-order valence-corrected chi connectivity index (χ1v) is 8.68. The molecular weight excluding hydrogens is 445 g/mol. The van der Waals surface area contributed by atoms with Gasteiger partial charge < -0.3 is 10.1 Å². The van der Waals surface area contributed by atoms with Gasteiger partial charge in [0.2, 0.25) is 0 Å². The van der Waals surface area contributed by atoms with Gasteiger partial charge in [0.1, 0.15) is 6.61 Å². The molecule has 0 unspecified atom stereocenters. The highest BCUT2D eigenvalue weighted by atomic mass is 127. The van der Waals surface area contributed by atoms with Crippen LogP contribution in [0.3, 0.4) is 0 Å². The molecule has 1 N–H and O–H groups in total. The van der Waals surface area contributed by atoms with Gasteiger partial charge in [-0.25, -0.2) is 9.97 Å². The van der Waals surface area contributed by atoms with Gasteiger partial charge in [-0.05, 0) is 41.1 Å². The maximum absolute atomic E-state index is 5.93. The van der Waals surface area contributed by atoms with Gasteiger partial charge in [-0.3, -0.25) is 0 Å². The van der Waals surface area contributed by atoms with E-state index in [9.17, 15) is 0 Å². The summed E-state index contributed by atoms with van der Waals surface area (Å²) in [6.07, 6.45) is 1.80. The molecule has 2 heterocycles. The van der Waals surface area contributed by atoms with E-state index in [1.165, 1.54) is 0 Å². The molecule has 0 aliphatic rings. The quantitative estimate of drug-likeness (QED) is 0.533. The fourth-order valence-corrected chi connectivity index (χ4v) is 2.98. The van der Waals surface area contributed by atoms with Gasteiger partial charge >= 0.3 is 0 Å². The van der Waals surface area contributed by atoms with Gasteiger partial charge in [0, 0.05) is 15.1 Å². The summed E-state index contributed by atoms with van der Waals surface area (Å²) >= 11 is 3.78. The average Bonchev–Trinajstić information content (AvgIpc) is 2.94. The molecule has 0 radical (unpaired) electrons. The first-order chi connectivity index (χ1) is 10.7. The standard InChI is InChI=1S/C16H14IN3OS.ClH/c1-11-10-22-16(19-11)20-15-14(7-13(17)8-18-15)21-9-12-5-3-2-4-6-12;/h2-8,10H,9H2,1H3,(H,18,19,20);1H. The normalized spacial score (nSPS) is 10.0. The Morgan fingerprint density at radius 2 is 2.04 bits per heavy atom. The lowest BCUT2D eigenvalue weighted by Gasteiger charge is -2.11. The number of benzene rings is 1. The molecule has 3 aromatic rings. The molecule has 4 nitrogen and oxygen atoms in total. The van der Waals surface area contributed by atoms with Crippen LogP contribution in [0, 0.1) is 10.5 Å². The van der Waals surface area contributed by atoms with Crippen LogP contribution in [0.1, 0.15) is 11.3 Å². The van der Waals surface area contributed by atoms with Crippen molar-refractivity contribution >= 4 is 57.3 Å². The number of ether oxygens (including phenoxy) is 1. The molecule has 0 amide bonds. The van der Waals surface area contributed by atoms with E-state index in [4.69, 9.17) is 4.74 Å². The molecule has 1 aromatic carbocycles. The van der Waals surface area contributed by atoms with E-state index >= 15 is 0 Å². The summed E-state index contributed by atoms with van der Waals surface area (Å²) in [6.45, 7) is 2.48. The molecule has 0 aliphatic carbocycles. The average molecular weight is 460 g/mol. The Morgan fingerprint density at radius 3 is 2.74 bits per heavy atom. The number of nitrogens with one attached hydrogen (secondary N) is 1. The van der Waals surface area contributed by atoms with Gasteiger partial charge in [0.15, 0.2) is 16.7 Å². The molecule has 120 valence electrons. The van der Waals surface area contributed by atoms with Crippen molar-refractivity contribution in [2.24, 2.45) is 0 Å². The SMILES string of the molecule is Cc1csc(Nc2ncc(I)cc2OCc2ccccc2)n1.Cl. The Morgan fingerprint density at radius 1 is 1.26 bits per heavy atom. The Bertz CT molecular complexity index is 767. The molecule has 0 bridgehead atoms. The van der Waals surface area contributed by atoms with Gasteiger partial charge in [-0.2, -0.15) is 0 Å². The first kappa shape index (κ1) is 18.0. The number of aryl methyl sites for hydroxylation is 1. The van der Waals surface area contributed by atoms with Gasteiger partial charge in [0.25, 0.3) is 0 Å². The summed E-state index contributed by atoms with van der Waals surface area (Å²) in [4.78, 5) is 8.82. The molecule has 0 fully saturated rings. The van der Waals surface area contributed by atoms with Crippen molar-refractivity contribution in [3.8, 4) is 5.75 Å². The Kier molecular flexibility index (Phi) is 6.61. The highest BCUT2D eigenvalue weighted by Crippen LogP contribution is 2.29. The number of anilines is 2. The zero-order chi connectivity index (χ0) is 15.4. The Balaban J connectivity index is 0.00000192. The van der Waals surface area contributed by atoms with Crippen LogP contribution in [0.15, 0.2) is 48.0 Å². The molecule has 0 atom stereocenters. The summed E-state index contributed by atoms with van der Waals surface area (Å²) in [5, 5.41) is 6.04. The number of nitrogens with zero attached hydrogens (tertiary/aromatic N) is 2. The maximum atomic E-state index is 5.93. The second-order valence-corrected chi connectivity index (χ2v) is 6.80. The zero-order valence-electron chi connectivity index (χ0n) is 12.3. The van der Waals surface area contributed by atoms with Crippen LogP contribution in [0.5, 0.6) is 5.75 Å². The third-order valence-electron chi connectivity index (χ3n) is 2.90. The number of pyridine rings is 1. The van der Waals surface area contributed by atoms with E-state index in [1.54, 1.807) is 17.5 Å². The Labute approximate surface area is 158 Å². The number of aromatic nitrogens is 2. The number of rotatable bonds is 5. The maximum Gasteiger partial charge on any atom is 0.188 e. The van der Waals surface area contributed by atoms with Crippen LogP contribution in [-0.4, -0.2) is 9.97 Å². The van der Waals surface area contributed by atoms with Crippen LogP contribution in [0.4, 0.5) is 10.9 Å². The molecule has 0 saturated carbocycles. The predicted octanol–water partition coefficient (Wildman–Crippen LogP) is 5.20. The monoisotopic (exact) mass is 459 g/mol. The highest BCUT2D eigenvalue weighted by molar-refractivity contribution is 14.1. The van der Waals surface area contributed by atoms with Crippen molar-refractivity contribution in [2.75, 3.05) is 5.32 Å². The smallest absolute Gasteiger partial charge is 0.188 e. The topological polar surface area (TPSA) is 47.0 Å². The van der Waals surface area contributed by atoms with Crippen molar-refractivity contribution in [1.82, 2.24) is 9.97 Å². The van der Waals surface area contributed by atoms with Crippen LogP contribution in [-0.2, 0) is 6.61 Å². The van der Waals surface area contributed by atoms with E-state index in [0.717, 1.165) is 25.7 Å². The molecule has 23 heavy (non-hydrogen) atoms. The van der Waals surface area contributed by atoms with Crippen molar-refractivity contribution in [3.63, 3.8) is 0 Å². The number of hydrogen-bond acceptors (Lipinski definition) is 5. The summed E-state index contributed by atoms with van der Waals surface area (Å²) < 4.78 is 6.96.